The summed E-state index contributed by atoms with van der Waals surface area (Å²) in [6.45, 7) is 4.19. The van der Waals surface area contributed by atoms with E-state index in [9.17, 15) is 5.11 Å². The molecule has 1 heterocycles. The molecular weight excluding hydrogens is 192 g/mol. The lowest BCUT2D eigenvalue weighted by Crippen LogP contribution is -2.11. The van der Waals surface area contributed by atoms with Gasteiger partial charge in [0.15, 0.2) is 5.75 Å². The lowest BCUT2D eigenvalue weighted by molar-refractivity contribution is 0.228. The van der Waals surface area contributed by atoms with Gasteiger partial charge in [-0.3, -0.25) is 0 Å². The predicted molar refractivity (Wildman–Crippen MR) is 56.5 cm³/mol. The average molecular weight is 206 g/mol. The highest BCUT2D eigenvalue weighted by molar-refractivity contribution is 5.26. The Labute approximate surface area is 89.3 Å². The fraction of sp³-hybridized carbons (Fsp3) is 0.455. The van der Waals surface area contributed by atoms with Crippen LogP contribution >= 0.6 is 0 Å². The van der Waals surface area contributed by atoms with Crippen LogP contribution in [-0.2, 0) is 6.42 Å². The third-order valence-corrected chi connectivity index (χ3v) is 1.83. The maximum absolute atomic E-state index is 9.34. The second kappa shape index (κ2) is 5.32. The first-order valence-electron chi connectivity index (χ1n) is 4.76. The van der Waals surface area contributed by atoms with Crippen molar-refractivity contribution >= 4 is 0 Å². The van der Waals surface area contributed by atoms with Gasteiger partial charge in [-0.05, 0) is 13.8 Å². The highest BCUT2D eigenvalue weighted by Crippen LogP contribution is 2.16. The van der Waals surface area contributed by atoms with Crippen LogP contribution in [-0.4, -0.2) is 27.8 Å². The van der Waals surface area contributed by atoms with Gasteiger partial charge in [0, 0.05) is 6.42 Å². The summed E-state index contributed by atoms with van der Waals surface area (Å²) >= 11 is 0. The van der Waals surface area contributed by atoms with Gasteiger partial charge in [-0.2, -0.15) is 0 Å². The summed E-state index contributed by atoms with van der Waals surface area (Å²) < 4.78 is 5.33. The lowest BCUT2D eigenvalue weighted by Gasteiger charge is -2.10. The zero-order valence-electron chi connectivity index (χ0n) is 8.90. The molecule has 0 amide bonds. The molecule has 1 rings (SSSR count). The molecule has 80 valence electrons. The van der Waals surface area contributed by atoms with Crippen LogP contribution < -0.4 is 4.74 Å². The fourth-order valence-electron chi connectivity index (χ4n) is 1.17. The molecule has 1 aromatic rings. The van der Waals surface area contributed by atoms with Gasteiger partial charge >= 0.3 is 0 Å². The van der Waals surface area contributed by atoms with Gasteiger partial charge in [0.1, 0.15) is 11.9 Å². The Hall–Kier alpha value is -1.60. The van der Waals surface area contributed by atoms with E-state index in [1.807, 2.05) is 6.92 Å². The number of hydrogen-bond donors (Lipinski definition) is 1. The van der Waals surface area contributed by atoms with Crippen molar-refractivity contribution in [2.24, 2.45) is 0 Å². The minimum absolute atomic E-state index is 0.287. The Bertz CT molecular complexity index is 371. The number of ether oxygens (including phenoxy) is 1. The minimum Gasteiger partial charge on any atom is -0.490 e. The first-order valence-corrected chi connectivity index (χ1v) is 4.76. The summed E-state index contributed by atoms with van der Waals surface area (Å²) in [5.74, 6) is 3.46. The van der Waals surface area contributed by atoms with Crippen LogP contribution in [0.3, 0.4) is 0 Å². The Morgan fingerprint density at radius 3 is 3.00 bits per heavy atom. The molecule has 0 aliphatic carbocycles. The van der Waals surface area contributed by atoms with Crippen LogP contribution in [0.2, 0.25) is 0 Å². The van der Waals surface area contributed by atoms with Gasteiger partial charge < -0.3 is 9.84 Å². The molecule has 0 spiro atoms. The van der Waals surface area contributed by atoms with Gasteiger partial charge in [0.2, 0.25) is 0 Å². The number of hydrogen-bond acceptors (Lipinski definition) is 4. The van der Waals surface area contributed by atoms with E-state index in [4.69, 9.17) is 11.2 Å². The number of nitrogens with zero attached hydrogens (tertiary/aromatic N) is 2. The summed E-state index contributed by atoms with van der Waals surface area (Å²) in [7, 11) is 0. The van der Waals surface area contributed by atoms with E-state index in [2.05, 4.69) is 15.9 Å². The molecule has 0 aromatic carbocycles. The Morgan fingerprint density at radius 2 is 2.40 bits per heavy atom. The van der Waals surface area contributed by atoms with E-state index in [1.54, 1.807) is 13.1 Å². The molecule has 0 aliphatic heterocycles. The van der Waals surface area contributed by atoms with Gasteiger partial charge in [-0.25, -0.2) is 9.97 Å². The van der Waals surface area contributed by atoms with Crippen LogP contribution in [0.25, 0.3) is 0 Å². The van der Waals surface area contributed by atoms with Crippen LogP contribution in [0, 0.1) is 19.3 Å². The maximum Gasteiger partial charge on any atom is 0.159 e. The lowest BCUT2D eigenvalue weighted by atomic mass is 10.2. The van der Waals surface area contributed by atoms with Crippen LogP contribution in [0.5, 0.6) is 5.75 Å². The quantitative estimate of drug-likeness (QED) is 0.737. The number of rotatable bonds is 4. The molecule has 0 fully saturated rings. The first kappa shape index (κ1) is 11.5. The van der Waals surface area contributed by atoms with E-state index in [0.717, 1.165) is 0 Å². The molecule has 15 heavy (non-hydrogen) atoms. The third kappa shape index (κ3) is 3.22. The Morgan fingerprint density at radius 1 is 1.67 bits per heavy atom. The van der Waals surface area contributed by atoms with Crippen molar-refractivity contribution in [1.82, 2.24) is 9.97 Å². The predicted octanol–water partition coefficient (Wildman–Crippen LogP) is 0.720. The zero-order valence-corrected chi connectivity index (χ0v) is 8.90. The number of aromatic nitrogens is 2. The van der Waals surface area contributed by atoms with Crippen molar-refractivity contribution in [3.05, 3.63) is 17.7 Å². The number of aliphatic hydroxyl groups excluding tert-OH is 1. The Kier molecular flexibility index (Phi) is 4.07. The zero-order chi connectivity index (χ0) is 11.3. The molecule has 1 N–H and O–H groups in total. The third-order valence-electron chi connectivity index (χ3n) is 1.83. The molecule has 0 saturated heterocycles. The molecule has 4 heteroatoms. The van der Waals surface area contributed by atoms with Crippen LogP contribution in [0.1, 0.15) is 18.4 Å². The molecule has 4 nitrogen and oxygen atoms in total. The molecule has 1 atom stereocenters. The highest BCUT2D eigenvalue weighted by Gasteiger charge is 2.10. The number of terminal acetylenes is 1. The molecule has 0 aliphatic rings. The minimum atomic E-state index is -0.835. The molecular formula is C11H14N2O2. The smallest absolute Gasteiger partial charge is 0.159 e. The van der Waals surface area contributed by atoms with Crippen molar-refractivity contribution in [3.8, 4) is 18.1 Å². The molecule has 1 aromatic heterocycles. The van der Waals surface area contributed by atoms with Gasteiger partial charge in [-0.15, -0.1) is 6.42 Å². The second-order valence-corrected chi connectivity index (χ2v) is 3.05. The maximum atomic E-state index is 9.34. The van der Waals surface area contributed by atoms with Gasteiger partial charge in [-0.1, -0.05) is 5.92 Å². The van der Waals surface area contributed by atoms with E-state index in [1.165, 1.54) is 0 Å². The topological polar surface area (TPSA) is 55.2 Å². The second-order valence-electron chi connectivity index (χ2n) is 3.05. The normalized spacial score (nSPS) is 11.9. The SMILES string of the molecule is C#CC(O)Cc1nc(C)ncc1OCC. The monoisotopic (exact) mass is 206 g/mol. The van der Waals surface area contributed by atoms with Crippen molar-refractivity contribution in [2.45, 2.75) is 26.4 Å². The number of aryl methyl sites for hydroxylation is 1. The summed E-state index contributed by atoms with van der Waals surface area (Å²) in [4.78, 5) is 8.21. The molecule has 0 saturated carbocycles. The van der Waals surface area contributed by atoms with Crippen molar-refractivity contribution < 1.29 is 9.84 Å². The summed E-state index contributed by atoms with van der Waals surface area (Å²) in [5, 5.41) is 9.34. The average Bonchev–Trinajstić information content (AvgIpc) is 2.22. The molecule has 0 radical (unpaired) electrons. The van der Waals surface area contributed by atoms with E-state index in [0.29, 0.717) is 23.9 Å². The molecule has 1 unspecified atom stereocenters. The number of aliphatic hydroxyl groups is 1. The van der Waals surface area contributed by atoms with E-state index in [-0.39, 0.29) is 6.42 Å². The first-order chi connectivity index (χ1) is 7.17. The largest absolute Gasteiger partial charge is 0.490 e. The van der Waals surface area contributed by atoms with Gasteiger partial charge in [0.05, 0.1) is 18.5 Å². The van der Waals surface area contributed by atoms with Crippen molar-refractivity contribution in [2.75, 3.05) is 6.61 Å². The van der Waals surface area contributed by atoms with Crippen LogP contribution in [0.4, 0.5) is 0 Å². The highest BCUT2D eigenvalue weighted by atomic mass is 16.5. The standard InChI is InChI=1S/C11H14N2O2/c1-4-9(14)6-10-11(15-5-2)7-12-8(3)13-10/h1,7,9,14H,5-6H2,2-3H3. The van der Waals surface area contributed by atoms with Crippen LogP contribution in [0.15, 0.2) is 6.20 Å². The molecule has 0 bridgehead atoms. The summed E-state index contributed by atoms with van der Waals surface area (Å²) in [5.41, 5.74) is 0.648. The Balaban J connectivity index is 2.92. The van der Waals surface area contributed by atoms with E-state index >= 15 is 0 Å². The fourth-order valence-corrected chi connectivity index (χ4v) is 1.17. The van der Waals surface area contributed by atoms with Crippen molar-refractivity contribution in [3.63, 3.8) is 0 Å². The van der Waals surface area contributed by atoms with Crippen molar-refractivity contribution in [1.29, 1.82) is 0 Å². The van der Waals surface area contributed by atoms with Gasteiger partial charge in [0.25, 0.3) is 0 Å². The van der Waals surface area contributed by atoms with E-state index < -0.39 is 6.10 Å². The summed E-state index contributed by atoms with van der Waals surface area (Å²) in [6.07, 6.45) is 6.15. The summed E-state index contributed by atoms with van der Waals surface area (Å²) in [6, 6.07) is 0.